The first-order valence-corrected chi connectivity index (χ1v) is 4.71. The van der Waals surface area contributed by atoms with Gasteiger partial charge in [-0.2, -0.15) is 0 Å². The molecule has 0 aromatic carbocycles. The molecule has 0 radical (unpaired) electrons. The van der Waals surface area contributed by atoms with E-state index in [1.54, 1.807) is 20.8 Å². The van der Waals surface area contributed by atoms with E-state index >= 15 is 0 Å². The molecule has 2 N–H and O–H groups in total. The number of rotatable bonds is 3. The second-order valence-corrected chi connectivity index (χ2v) is 4.03. The first kappa shape index (κ1) is 11.7. The van der Waals surface area contributed by atoms with Crippen LogP contribution >= 0.6 is 0 Å². The molecule has 1 aliphatic rings. The van der Waals surface area contributed by atoms with Gasteiger partial charge in [0.25, 0.3) is 0 Å². The Labute approximate surface area is 84.1 Å². The Morgan fingerprint density at radius 2 is 1.79 bits per heavy atom. The van der Waals surface area contributed by atoms with Crippen LogP contribution in [0.2, 0.25) is 0 Å². The number of aliphatic hydroxyl groups is 2. The van der Waals surface area contributed by atoms with Gasteiger partial charge in [-0.3, -0.25) is 0 Å². The van der Waals surface area contributed by atoms with E-state index in [4.69, 9.17) is 9.47 Å². The third-order valence-electron chi connectivity index (χ3n) is 2.22. The van der Waals surface area contributed by atoms with Crippen molar-refractivity contribution in [3.8, 4) is 0 Å². The molecular weight excluding hydrogens is 184 g/mol. The van der Waals surface area contributed by atoms with Crippen LogP contribution in [0.3, 0.4) is 0 Å². The van der Waals surface area contributed by atoms with Crippen LogP contribution in [0.4, 0.5) is 0 Å². The topological polar surface area (TPSA) is 58.9 Å². The molecule has 4 atom stereocenters. The van der Waals surface area contributed by atoms with E-state index in [9.17, 15) is 10.2 Å². The number of hydrogen-bond acceptors (Lipinski definition) is 4. The van der Waals surface area contributed by atoms with E-state index in [0.717, 1.165) is 0 Å². The van der Waals surface area contributed by atoms with Crippen molar-refractivity contribution in [3.05, 3.63) is 12.7 Å². The molecule has 0 saturated carbocycles. The lowest BCUT2D eigenvalue weighted by Crippen LogP contribution is -2.40. The summed E-state index contributed by atoms with van der Waals surface area (Å²) in [5.41, 5.74) is 0. The lowest BCUT2D eigenvalue weighted by atomic mass is 10.0. The highest BCUT2D eigenvalue weighted by atomic mass is 16.8. The first-order chi connectivity index (χ1) is 6.37. The van der Waals surface area contributed by atoms with Crippen LogP contribution < -0.4 is 0 Å². The Balaban J connectivity index is 2.77. The number of aliphatic hydroxyl groups excluding tert-OH is 2. The zero-order valence-electron chi connectivity index (χ0n) is 8.80. The first-order valence-electron chi connectivity index (χ1n) is 4.71. The summed E-state index contributed by atoms with van der Waals surface area (Å²) in [6.45, 7) is 8.59. The standard InChI is InChI=1S/C10H18O4/c1-5-7(12)9-8(6(2)11)13-10(3,4)14-9/h5-9,11-12H,1H2,2-4H3/t6-,7-,8-,9-/m0/s1. The molecule has 4 nitrogen and oxygen atoms in total. The van der Waals surface area contributed by atoms with Crippen molar-refractivity contribution in [2.24, 2.45) is 0 Å². The summed E-state index contributed by atoms with van der Waals surface area (Å²) in [6.07, 6.45) is -1.20. The van der Waals surface area contributed by atoms with Gasteiger partial charge in [0.05, 0.1) is 6.10 Å². The Morgan fingerprint density at radius 3 is 2.21 bits per heavy atom. The molecule has 0 aromatic heterocycles. The van der Waals surface area contributed by atoms with Crippen molar-refractivity contribution in [1.82, 2.24) is 0 Å². The van der Waals surface area contributed by atoms with Crippen LogP contribution in [0.1, 0.15) is 20.8 Å². The van der Waals surface area contributed by atoms with Gasteiger partial charge in [0.2, 0.25) is 0 Å². The average molecular weight is 202 g/mol. The SMILES string of the molecule is C=C[C@H](O)[C@@H]1OC(C)(C)O[C@H]1[C@H](C)O. The van der Waals surface area contributed by atoms with Crippen LogP contribution in [-0.4, -0.2) is 40.4 Å². The van der Waals surface area contributed by atoms with Crippen molar-refractivity contribution >= 4 is 0 Å². The Kier molecular flexibility index (Phi) is 3.32. The second-order valence-electron chi connectivity index (χ2n) is 4.03. The molecule has 1 fully saturated rings. The van der Waals surface area contributed by atoms with Gasteiger partial charge in [-0.1, -0.05) is 6.08 Å². The van der Waals surface area contributed by atoms with Crippen LogP contribution in [-0.2, 0) is 9.47 Å². The lowest BCUT2D eigenvalue weighted by Gasteiger charge is -2.21. The highest BCUT2D eigenvalue weighted by Crippen LogP contribution is 2.31. The summed E-state index contributed by atoms with van der Waals surface area (Å²) in [5, 5.41) is 19.0. The van der Waals surface area contributed by atoms with E-state index in [0.29, 0.717) is 0 Å². The molecule has 1 aliphatic heterocycles. The largest absolute Gasteiger partial charge is 0.391 e. The lowest BCUT2D eigenvalue weighted by molar-refractivity contribution is -0.158. The second kappa shape index (κ2) is 3.98. The molecule has 0 amide bonds. The van der Waals surface area contributed by atoms with Gasteiger partial charge in [0, 0.05) is 0 Å². The third-order valence-corrected chi connectivity index (χ3v) is 2.22. The maximum absolute atomic E-state index is 9.58. The van der Waals surface area contributed by atoms with Crippen molar-refractivity contribution in [3.63, 3.8) is 0 Å². The van der Waals surface area contributed by atoms with Gasteiger partial charge >= 0.3 is 0 Å². The maximum atomic E-state index is 9.58. The zero-order chi connectivity index (χ0) is 10.9. The van der Waals surface area contributed by atoms with E-state index in [1.165, 1.54) is 6.08 Å². The van der Waals surface area contributed by atoms with Crippen molar-refractivity contribution in [2.45, 2.75) is 51.0 Å². The molecule has 0 bridgehead atoms. The summed E-state index contributed by atoms with van der Waals surface area (Å²) in [5.74, 6) is -0.768. The molecule has 0 aromatic rings. The molecule has 0 unspecified atom stereocenters. The number of ether oxygens (including phenoxy) is 2. The molecule has 0 spiro atoms. The molecule has 0 aliphatic carbocycles. The van der Waals surface area contributed by atoms with Crippen LogP contribution in [0.15, 0.2) is 12.7 Å². The Bertz CT molecular complexity index is 212. The van der Waals surface area contributed by atoms with Crippen molar-refractivity contribution in [2.75, 3.05) is 0 Å². The smallest absolute Gasteiger partial charge is 0.164 e. The molecule has 14 heavy (non-hydrogen) atoms. The summed E-state index contributed by atoms with van der Waals surface area (Å²) in [7, 11) is 0. The molecule has 4 heteroatoms. The maximum Gasteiger partial charge on any atom is 0.164 e. The molecule has 1 saturated heterocycles. The normalized spacial score (nSPS) is 35.2. The zero-order valence-corrected chi connectivity index (χ0v) is 8.80. The van der Waals surface area contributed by atoms with Gasteiger partial charge in [-0.25, -0.2) is 0 Å². The molecular formula is C10H18O4. The predicted molar refractivity (Wildman–Crippen MR) is 51.7 cm³/mol. The predicted octanol–water partition coefficient (Wildman–Crippen LogP) is 0.434. The van der Waals surface area contributed by atoms with E-state index in [2.05, 4.69) is 6.58 Å². The molecule has 1 rings (SSSR count). The van der Waals surface area contributed by atoms with Crippen molar-refractivity contribution < 1.29 is 19.7 Å². The molecule has 82 valence electrons. The van der Waals surface area contributed by atoms with Gasteiger partial charge < -0.3 is 19.7 Å². The Morgan fingerprint density at radius 1 is 1.29 bits per heavy atom. The minimum Gasteiger partial charge on any atom is -0.391 e. The molecule has 1 heterocycles. The average Bonchev–Trinajstić information content (AvgIpc) is 2.40. The highest BCUT2D eigenvalue weighted by molar-refractivity contribution is 4.95. The minimum atomic E-state index is -0.823. The minimum absolute atomic E-state index is 0.516. The summed E-state index contributed by atoms with van der Waals surface area (Å²) in [6, 6.07) is 0. The fraction of sp³-hybridized carbons (Fsp3) is 0.800. The number of hydrogen-bond donors (Lipinski definition) is 2. The van der Waals surface area contributed by atoms with Gasteiger partial charge in [0.15, 0.2) is 5.79 Å². The van der Waals surface area contributed by atoms with E-state index < -0.39 is 30.2 Å². The van der Waals surface area contributed by atoms with E-state index in [-0.39, 0.29) is 0 Å². The van der Waals surface area contributed by atoms with Crippen LogP contribution in [0, 0.1) is 0 Å². The summed E-state index contributed by atoms with van der Waals surface area (Å²) >= 11 is 0. The Hall–Kier alpha value is -0.420. The highest BCUT2D eigenvalue weighted by Gasteiger charge is 2.45. The summed E-state index contributed by atoms with van der Waals surface area (Å²) in [4.78, 5) is 0. The third kappa shape index (κ3) is 2.33. The van der Waals surface area contributed by atoms with Crippen LogP contribution in [0.25, 0.3) is 0 Å². The fourth-order valence-electron chi connectivity index (χ4n) is 1.59. The summed E-state index contributed by atoms with van der Waals surface area (Å²) < 4.78 is 10.9. The van der Waals surface area contributed by atoms with Gasteiger partial charge in [-0.05, 0) is 20.8 Å². The van der Waals surface area contributed by atoms with Crippen molar-refractivity contribution in [1.29, 1.82) is 0 Å². The quantitative estimate of drug-likeness (QED) is 0.652. The van der Waals surface area contributed by atoms with Gasteiger partial charge in [-0.15, -0.1) is 6.58 Å². The van der Waals surface area contributed by atoms with E-state index in [1.807, 2.05) is 0 Å². The van der Waals surface area contributed by atoms with Gasteiger partial charge in [0.1, 0.15) is 18.3 Å². The monoisotopic (exact) mass is 202 g/mol. The fourth-order valence-corrected chi connectivity index (χ4v) is 1.59. The van der Waals surface area contributed by atoms with Crippen LogP contribution in [0.5, 0.6) is 0 Å².